The van der Waals surface area contributed by atoms with Crippen molar-refractivity contribution in [1.82, 2.24) is 19.9 Å². The predicted octanol–water partition coefficient (Wildman–Crippen LogP) is -0.693. The van der Waals surface area contributed by atoms with Crippen LogP contribution < -0.4 is 5.73 Å². The number of nitrogens with two attached hydrogens (primary N) is 1. The Morgan fingerprint density at radius 3 is 3.13 bits per heavy atom. The van der Waals surface area contributed by atoms with Gasteiger partial charge < -0.3 is 15.8 Å². The Hall–Kier alpha value is -2.02. The maximum Gasteiger partial charge on any atom is 0.320 e. The Bertz CT molecular complexity index is 494. The Balaban J connectivity index is 2.24. The van der Waals surface area contributed by atoms with E-state index in [2.05, 4.69) is 19.9 Å². The summed E-state index contributed by atoms with van der Waals surface area (Å²) in [7, 11) is 0. The van der Waals surface area contributed by atoms with Crippen LogP contribution in [0.2, 0.25) is 0 Å². The van der Waals surface area contributed by atoms with Crippen molar-refractivity contribution in [3.63, 3.8) is 0 Å². The second-order valence-electron chi connectivity index (χ2n) is 3.07. The summed E-state index contributed by atoms with van der Waals surface area (Å²) in [6.45, 7) is 0. The number of H-pyrrole nitrogens is 1. The van der Waals surface area contributed by atoms with Gasteiger partial charge in [-0.05, 0) is 0 Å². The summed E-state index contributed by atoms with van der Waals surface area (Å²) in [6, 6.07) is -0.981. The van der Waals surface area contributed by atoms with Gasteiger partial charge in [0.15, 0.2) is 5.65 Å². The second kappa shape index (κ2) is 3.62. The third kappa shape index (κ3) is 1.91. The van der Waals surface area contributed by atoms with E-state index in [1.165, 1.54) is 12.5 Å². The minimum Gasteiger partial charge on any atom is -0.480 e. The molecular weight excluding hydrogens is 198 g/mol. The van der Waals surface area contributed by atoms with Crippen molar-refractivity contribution in [2.45, 2.75) is 12.5 Å². The summed E-state index contributed by atoms with van der Waals surface area (Å²) in [5.74, 6) is -0.676. The van der Waals surface area contributed by atoms with Crippen molar-refractivity contribution in [3.05, 3.63) is 18.3 Å². The van der Waals surface area contributed by atoms with E-state index in [9.17, 15) is 4.79 Å². The summed E-state index contributed by atoms with van der Waals surface area (Å²) in [5, 5.41) is 8.62. The van der Waals surface area contributed by atoms with E-state index in [0.717, 1.165) is 0 Å². The predicted molar refractivity (Wildman–Crippen MR) is 51.0 cm³/mol. The highest BCUT2D eigenvalue weighted by Gasteiger charge is 2.14. The minimum atomic E-state index is -1.07. The van der Waals surface area contributed by atoms with E-state index in [1.54, 1.807) is 0 Å². The molecule has 7 nitrogen and oxygen atoms in total. The summed E-state index contributed by atoms with van der Waals surface area (Å²) in [5.41, 5.74) is 6.58. The first-order chi connectivity index (χ1) is 7.16. The fourth-order valence-electron chi connectivity index (χ4n) is 1.16. The van der Waals surface area contributed by atoms with Crippen LogP contribution in [0.15, 0.2) is 12.5 Å². The highest BCUT2D eigenvalue weighted by molar-refractivity contribution is 5.73. The smallest absolute Gasteiger partial charge is 0.320 e. The van der Waals surface area contributed by atoms with Gasteiger partial charge in [-0.15, -0.1) is 0 Å². The van der Waals surface area contributed by atoms with Crippen molar-refractivity contribution >= 4 is 17.1 Å². The molecule has 0 amide bonds. The lowest BCUT2D eigenvalue weighted by molar-refractivity contribution is -0.138. The molecule has 2 aromatic rings. The Morgan fingerprint density at radius 2 is 2.40 bits per heavy atom. The first kappa shape index (κ1) is 9.53. The van der Waals surface area contributed by atoms with Crippen LogP contribution in [-0.4, -0.2) is 37.1 Å². The van der Waals surface area contributed by atoms with Crippen molar-refractivity contribution in [1.29, 1.82) is 0 Å². The number of hydrogen-bond acceptors (Lipinski definition) is 5. The van der Waals surface area contributed by atoms with Crippen LogP contribution >= 0.6 is 0 Å². The number of imidazole rings is 1. The SMILES string of the molecule is NC(Cc1ncc2nc[nH]c2n1)C(=O)O. The number of hydrogen-bond donors (Lipinski definition) is 3. The number of rotatable bonds is 3. The van der Waals surface area contributed by atoms with Gasteiger partial charge in [0.25, 0.3) is 0 Å². The lowest BCUT2D eigenvalue weighted by Crippen LogP contribution is -2.32. The van der Waals surface area contributed by atoms with Crippen LogP contribution in [0.25, 0.3) is 11.2 Å². The lowest BCUT2D eigenvalue weighted by atomic mass is 10.2. The van der Waals surface area contributed by atoms with Crippen molar-refractivity contribution in [3.8, 4) is 0 Å². The van der Waals surface area contributed by atoms with Gasteiger partial charge in [-0.25, -0.2) is 15.0 Å². The maximum absolute atomic E-state index is 10.5. The first-order valence-corrected chi connectivity index (χ1v) is 4.30. The third-order valence-corrected chi connectivity index (χ3v) is 1.94. The number of aromatic amines is 1. The van der Waals surface area contributed by atoms with Gasteiger partial charge in [-0.1, -0.05) is 0 Å². The summed E-state index contributed by atoms with van der Waals surface area (Å²) in [6.07, 6.45) is 3.13. The highest BCUT2D eigenvalue weighted by Crippen LogP contribution is 2.05. The maximum atomic E-state index is 10.5. The van der Waals surface area contributed by atoms with Crippen molar-refractivity contribution < 1.29 is 9.90 Å². The summed E-state index contributed by atoms with van der Waals surface area (Å²) >= 11 is 0. The van der Waals surface area contributed by atoms with E-state index in [4.69, 9.17) is 10.8 Å². The topological polar surface area (TPSA) is 118 Å². The van der Waals surface area contributed by atoms with E-state index in [0.29, 0.717) is 17.0 Å². The molecule has 2 heterocycles. The zero-order valence-electron chi connectivity index (χ0n) is 7.71. The molecule has 1 atom stereocenters. The molecule has 0 aliphatic carbocycles. The zero-order valence-corrected chi connectivity index (χ0v) is 7.71. The van der Waals surface area contributed by atoms with Crippen LogP contribution in [0.4, 0.5) is 0 Å². The van der Waals surface area contributed by atoms with Gasteiger partial charge in [0, 0.05) is 6.42 Å². The van der Waals surface area contributed by atoms with Crippen LogP contribution in [0.3, 0.4) is 0 Å². The van der Waals surface area contributed by atoms with Crippen LogP contribution in [0.1, 0.15) is 5.82 Å². The van der Waals surface area contributed by atoms with Gasteiger partial charge in [-0.3, -0.25) is 4.79 Å². The molecule has 1 unspecified atom stereocenters. The van der Waals surface area contributed by atoms with Crippen LogP contribution in [-0.2, 0) is 11.2 Å². The van der Waals surface area contributed by atoms with E-state index in [-0.39, 0.29) is 6.42 Å². The molecule has 0 saturated heterocycles. The molecular formula is C8H9N5O2. The zero-order chi connectivity index (χ0) is 10.8. The molecule has 2 rings (SSSR count). The molecule has 0 radical (unpaired) electrons. The second-order valence-corrected chi connectivity index (χ2v) is 3.07. The normalized spacial score (nSPS) is 12.9. The minimum absolute atomic E-state index is 0.101. The average Bonchev–Trinajstić information content (AvgIpc) is 2.64. The molecule has 2 aromatic heterocycles. The molecule has 0 aromatic carbocycles. The molecule has 7 heteroatoms. The Morgan fingerprint density at radius 1 is 1.60 bits per heavy atom. The number of carboxylic acids is 1. The number of nitrogens with zero attached hydrogens (tertiary/aromatic N) is 3. The van der Waals surface area contributed by atoms with Crippen molar-refractivity contribution in [2.75, 3.05) is 0 Å². The fraction of sp³-hybridized carbons (Fsp3) is 0.250. The van der Waals surface area contributed by atoms with E-state index in [1.807, 2.05) is 0 Å². The highest BCUT2D eigenvalue weighted by atomic mass is 16.4. The van der Waals surface area contributed by atoms with Crippen LogP contribution in [0.5, 0.6) is 0 Å². The molecule has 0 spiro atoms. The molecule has 0 aliphatic rings. The number of carbonyl (C=O) groups is 1. The van der Waals surface area contributed by atoms with Crippen LogP contribution in [0, 0.1) is 0 Å². The fourth-order valence-corrected chi connectivity index (χ4v) is 1.16. The molecule has 0 aliphatic heterocycles. The number of nitrogens with one attached hydrogen (secondary N) is 1. The van der Waals surface area contributed by atoms with Gasteiger partial charge in [-0.2, -0.15) is 0 Å². The molecule has 4 N–H and O–H groups in total. The molecule has 0 fully saturated rings. The average molecular weight is 207 g/mol. The molecule has 0 bridgehead atoms. The Kier molecular flexibility index (Phi) is 2.30. The third-order valence-electron chi connectivity index (χ3n) is 1.94. The van der Waals surface area contributed by atoms with Gasteiger partial charge in [0.05, 0.1) is 12.5 Å². The summed E-state index contributed by atoms with van der Waals surface area (Å²) < 4.78 is 0. The largest absolute Gasteiger partial charge is 0.480 e. The lowest BCUT2D eigenvalue weighted by Gasteiger charge is -2.03. The summed E-state index contributed by atoms with van der Waals surface area (Å²) in [4.78, 5) is 25.3. The molecule has 15 heavy (non-hydrogen) atoms. The molecule has 0 saturated carbocycles. The van der Waals surface area contributed by atoms with Gasteiger partial charge in [0.1, 0.15) is 17.4 Å². The standard InChI is InChI=1S/C8H9N5O2/c9-4(8(14)15)1-6-10-2-5-7(13-6)12-3-11-5/h2-4H,1,9H2,(H,14,15)(H,10,11,12,13). The van der Waals surface area contributed by atoms with E-state index < -0.39 is 12.0 Å². The number of aliphatic carboxylic acids is 1. The molecule has 78 valence electrons. The van der Waals surface area contributed by atoms with Gasteiger partial charge in [0.2, 0.25) is 0 Å². The number of fused-ring (bicyclic) bond motifs is 1. The Labute approximate surface area is 84.4 Å². The quantitative estimate of drug-likeness (QED) is 0.613. The number of carboxylic acid groups (broad SMARTS) is 1. The van der Waals surface area contributed by atoms with Gasteiger partial charge >= 0.3 is 5.97 Å². The first-order valence-electron chi connectivity index (χ1n) is 4.30. The monoisotopic (exact) mass is 207 g/mol. The van der Waals surface area contributed by atoms with Crippen molar-refractivity contribution in [2.24, 2.45) is 5.73 Å². The number of aromatic nitrogens is 4. The van der Waals surface area contributed by atoms with E-state index >= 15 is 0 Å².